The Labute approximate surface area is 77.4 Å². The first-order valence-electron chi connectivity index (χ1n) is 3.07. The van der Waals surface area contributed by atoms with Gasteiger partial charge in [0.25, 0.3) is 0 Å². The average molecular weight is 226 g/mol. The van der Waals surface area contributed by atoms with Crippen LogP contribution in [0, 0.1) is 11.3 Å². The zero-order valence-electron chi connectivity index (χ0n) is 5.91. The molecule has 0 aliphatic rings. The van der Waals surface area contributed by atoms with Crippen molar-refractivity contribution in [1.29, 1.82) is 5.26 Å². The summed E-state index contributed by atoms with van der Waals surface area (Å²) in [7, 11) is 0. The van der Waals surface area contributed by atoms with Crippen molar-refractivity contribution in [3.63, 3.8) is 0 Å². The maximum absolute atomic E-state index is 10.5. The minimum atomic E-state index is -1.03. The molecule has 0 aliphatic heterocycles. The highest BCUT2D eigenvalue weighted by molar-refractivity contribution is 9.10. The van der Waals surface area contributed by atoms with Crippen molar-refractivity contribution in [3.05, 3.63) is 33.8 Å². The van der Waals surface area contributed by atoms with Crippen LogP contribution in [0.5, 0.6) is 0 Å². The molecule has 0 saturated heterocycles. The molecule has 0 bridgehead atoms. The molecule has 0 aromatic heterocycles. The number of hydrogen-bond acceptors (Lipinski definition) is 2. The predicted molar refractivity (Wildman–Crippen MR) is 45.8 cm³/mol. The van der Waals surface area contributed by atoms with Crippen LogP contribution in [0.15, 0.2) is 22.7 Å². The summed E-state index contributed by atoms with van der Waals surface area (Å²) in [5, 5.41) is 17.1. The smallest absolute Gasteiger partial charge is 0.335 e. The number of carbonyl (C=O) groups is 1. The van der Waals surface area contributed by atoms with E-state index in [0.29, 0.717) is 10.0 Å². The normalized spacial score (nSPS) is 9.00. The lowest BCUT2D eigenvalue weighted by molar-refractivity contribution is 0.0697. The number of benzene rings is 1. The molecule has 0 radical (unpaired) electrons. The number of nitrogens with zero attached hydrogens (tertiary/aromatic N) is 1. The molecule has 1 N–H and O–H groups in total. The molecule has 3 nitrogen and oxygen atoms in total. The summed E-state index contributed by atoms with van der Waals surface area (Å²) in [5.41, 5.74) is 0.447. The number of hydrogen-bond donors (Lipinski definition) is 1. The SMILES string of the molecule is N#Cc1cc(Br)cc(C(=O)O)c1. The minimum Gasteiger partial charge on any atom is -0.478 e. The van der Waals surface area contributed by atoms with E-state index in [4.69, 9.17) is 10.4 Å². The summed E-state index contributed by atoms with van der Waals surface area (Å²) in [6.45, 7) is 0. The maximum Gasteiger partial charge on any atom is 0.335 e. The van der Waals surface area contributed by atoms with Gasteiger partial charge in [-0.05, 0) is 18.2 Å². The second-order valence-corrected chi connectivity index (χ2v) is 3.06. The van der Waals surface area contributed by atoms with E-state index in [-0.39, 0.29) is 5.56 Å². The predicted octanol–water partition coefficient (Wildman–Crippen LogP) is 2.02. The Morgan fingerprint density at radius 1 is 1.50 bits per heavy atom. The molecule has 1 aromatic rings. The summed E-state index contributed by atoms with van der Waals surface area (Å²) >= 11 is 3.11. The van der Waals surface area contributed by atoms with Gasteiger partial charge in [0.05, 0.1) is 17.2 Å². The van der Waals surface area contributed by atoms with Gasteiger partial charge in [0.15, 0.2) is 0 Å². The van der Waals surface area contributed by atoms with E-state index in [2.05, 4.69) is 15.9 Å². The highest BCUT2D eigenvalue weighted by Crippen LogP contribution is 2.15. The van der Waals surface area contributed by atoms with Crippen LogP contribution < -0.4 is 0 Å². The van der Waals surface area contributed by atoms with Crippen LogP contribution in [0.4, 0.5) is 0 Å². The van der Waals surface area contributed by atoms with E-state index >= 15 is 0 Å². The number of rotatable bonds is 1. The molecule has 0 saturated carbocycles. The second-order valence-electron chi connectivity index (χ2n) is 2.15. The molecule has 1 aromatic carbocycles. The van der Waals surface area contributed by atoms with Gasteiger partial charge in [0.1, 0.15) is 0 Å². The fourth-order valence-electron chi connectivity index (χ4n) is 0.778. The average Bonchev–Trinajstić information content (AvgIpc) is 2.03. The molecule has 0 atom stereocenters. The Kier molecular flexibility index (Phi) is 2.46. The Hall–Kier alpha value is -1.34. The zero-order valence-corrected chi connectivity index (χ0v) is 7.50. The molecule has 4 heteroatoms. The molecular weight excluding hydrogens is 222 g/mol. The van der Waals surface area contributed by atoms with Gasteiger partial charge in [-0.3, -0.25) is 0 Å². The molecule has 0 heterocycles. The molecule has 1 rings (SSSR count). The Morgan fingerprint density at radius 2 is 2.17 bits per heavy atom. The third-order valence-electron chi connectivity index (χ3n) is 1.27. The minimum absolute atomic E-state index is 0.112. The second kappa shape index (κ2) is 3.37. The Bertz CT molecular complexity index is 368. The molecule has 0 fully saturated rings. The van der Waals surface area contributed by atoms with Gasteiger partial charge >= 0.3 is 5.97 Å². The topological polar surface area (TPSA) is 61.1 Å². The van der Waals surface area contributed by atoms with E-state index in [9.17, 15) is 4.79 Å². The maximum atomic E-state index is 10.5. The summed E-state index contributed by atoms with van der Waals surface area (Å²) < 4.78 is 0.596. The number of carboxylic acid groups (broad SMARTS) is 1. The first kappa shape index (κ1) is 8.75. The third kappa shape index (κ3) is 1.83. The summed E-state index contributed by atoms with van der Waals surface area (Å²) in [5.74, 6) is -1.03. The van der Waals surface area contributed by atoms with Crippen molar-refractivity contribution in [2.45, 2.75) is 0 Å². The lowest BCUT2D eigenvalue weighted by Crippen LogP contribution is -1.96. The van der Waals surface area contributed by atoms with Crippen LogP contribution in [0.2, 0.25) is 0 Å². The zero-order chi connectivity index (χ0) is 9.14. The number of nitriles is 1. The van der Waals surface area contributed by atoms with Gasteiger partial charge in [-0.2, -0.15) is 5.26 Å². The van der Waals surface area contributed by atoms with Gasteiger partial charge in [-0.1, -0.05) is 15.9 Å². The van der Waals surface area contributed by atoms with Crippen molar-refractivity contribution < 1.29 is 9.90 Å². The quantitative estimate of drug-likeness (QED) is 0.796. The molecule has 0 aliphatic carbocycles. The van der Waals surface area contributed by atoms with Crippen molar-refractivity contribution in [2.24, 2.45) is 0 Å². The molecule has 60 valence electrons. The van der Waals surface area contributed by atoms with E-state index in [1.807, 2.05) is 6.07 Å². The number of halogens is 1. The first-order valence-corrected chi connectivity index (χ1v) is 3.87. The van der Waals surface area contributed by atoms with Crippen LogP contribution in [0.3, 0.4) is 0 Å². The highest BCUT2D eigenvalue weighted by Gasteiger charge is 2.04. The van der Waals surface area contributed by atoms with Crippen LogP contribution in [0.25, 0.3) is 0 Å². The fraction of sp³-hybridized carbons (Fsp3) is 0. The van der Waals surface area contributed by atoms with Crippen LogP contribution in [-0.2, 0) is 0 Å². The Morgan fingerprint density at radius 3 is 2.67 bits per heavy atom. The van der Waals surface area contributed by atoms with E-state index in [1.165, 1.54) is 12.1 Å². The number of aromatic carboxylic acids is 1. The Balaban J connectivity index is 3.26. The molecule has 0 unspecified atom stereocenters. The first-order chi connectivity index (χ1) is 5.63. The van der Waals surface area contributed by atoms with E-state index < -0.39 is 5.97 Å². The van der Waals surface area contributed by atoms with Gasteiger partial charge in [0, 0.05) is 4.47 Å². The van der Waals surface area contributed by atoms with Crippen molar-refractivity contribution in [3.8, 4) is 6.07 Å². The molecule has 12 heavy (non-hydrogen) atoms. The lowest BCUT2D eigenvalue weighted by Gasteiger charge is -1.95. The number of carboxylic acids is 1. The van der Waals surface area contributed by atoms with E-state index in [0.717, 1.165) is 0 Å². The third-order valence-corrected chi connectivity index (χ3v) is 1.73. The molecule has 0 amide bonds. The summed E-state index contributed by atoms with van der Waals surface area (Å²) in [6.07, 6.45) is 0. The van der Waals surface area contributed by atoms with Gasteiger partial charge < -0.3 is 5.11 Å². The van der Waals surface area contributed by atoms with Crippen molar-refractivity contribution in [2.75, 3.05) is 0 Å². The standard InChI is InChI=1S/C8H4BrNO2/c9-7-2-5(4-10)1-6(3-7)8(11)12/h1-3H,(H,11,12). The summed E-state index contributed by atoms with van der Waals surface area (Å²) in [6, 6.07) is 6.21. The highest BCUT2D eigenvalue weighted by atomic mass is 79.9. The van der Waals surface area contributed by atoms with Gasteiger partial charge in [0.2, 0.25) is 0 Å². The van der Waals surface area contributed by atoms with Gasteiger partial charge in [-0.25, -0.2) is 4.79 Å². The fourth-order valence-corrected chi connectivity index (χ4v) is 1.27. The van der Waals surface area contributed by atoms with Crippen LogP contribution >= 0.6 is 15.9 Å². The van der Waals surface area contributed by atoms with Crippen LogP contribution in [0.1, 0.15) is 15.9 Å². The van der Waals surface area contributed by atoms with Crippen molar-refractivity contribution >= 4 is 21.9 Å². The molecule has 0 spiro atoms. The van der Waals surface area contributed by atoms with Gasteiger partial charge in [-0.15, -0.1) is 0 Å². The monoisotopic (exact) mass is 225 g/mol. The van der Waals surface area contributed by atoms with Crippen molar-refractivity contribution in [1.82, 2.24) is 0 Å². The summed E-state index contributed by atoms with van der Waals surface area (Å²) in [4.78, 5) is 10.5. The lowest BCUT2D eigenvalue weighted by atomic mass is 10.1. The van der Waals surface area contributed by atoms with Crippen LogP contribution in [-0.4, -0.2) is 11.1 Å². The molecular formula is C8H4BrNO2. The van der Waals surface area contributed by atoms with E-state index in [1.54, 1.807) is 6.07 Å². The largest absolute Gasteiger partial charge is 0.478 e.